The first-order valence-corrected chi connectivity index (χ1v) is 8.97. The summed E-state index contributed by atoms with van der Waals surface area (Å²) in [5.74, 6) is 2.08. The molecular weight excluding hydrogens is 366 g/mol. The van der Waals surface area contributed by atoms with E-state index in [1.807, 2.05) is 18.2 Å². The van der Waals surface area contributed by atoms with Crippen molar-refractivity contribution >= 4 is 29.0 Å². The number of carbonyl (C=O) groups excluding carboxylic acids is 1. The molecule has 0 bridgehead atoms. The van der Waals surface area contributed by atoms with E-state index >= 15 is 0 Å². The quantitative estimate of drug-likeness (QED) is 0.855. The highest BCUT2D eigenvalue weighted by Crippen LogP contribution is 2.31. The minimum absolute atomic E-state index is 0.0949. The van der Waals surface area contributed by atoms with E-state index < -0.39 is 0 Å². The zero-order chi connectivity index (χ0) is 19.4. The fourth-order valence-electron chi connectivity index (χ4n) is 3.05. The van der Waals surface area contributed by atoms with Gasteiger partial charge in [-0.05, 0) is 36.2 Å². The van der Waals surface area contributed by atoms with Crippen LogP contribution in [0, 0.1) is 0 Å². The third kappa shape index (κ3) is 4.17. The van der Waals surface area contributed by atoms with Crippen LogP contribution >= 0.6 is 11.6 Å². The number of benzene rings is 2. The number of rotatable bonds is 5. The minimum atomic E-state index is -0.0949. The molecule has 1 amide bonds. The van der Waals surface area contributed by atoms with Gasteiger partial charge < -0.3 is 19.7 Å². The second-order valence-corrected chi connectivity index (χ2v) is 6.65. The summed E-state index contributed by atoms with van der Waals surface area (Å²) in [6, 6.07) is 11.0. The second-order valence-electron chi connectivity index (χ2n) is 6.21. The Hall–Kier alpha value is -2.73. The number of likely N-dealkylation sites (N-methyl/N-ethyl adjacent to an activating group) is 1. The lowest BCUT2D eigenvalue weighted by Crippen LogP contribution is -2.37. The lowest BCUT2D eigenvalue weighted by atomic mass is 10.1. The van der Waals surface area contributed by atoms with E-state index in [-0.39, 0.29) is 5.91 Å². The van der Waals surface area contributed by atoms with Crippen LogP contribution in [-0.4, -0.2) is 51.0 Å². The first-order valence-electron chi connectivity index (χ1n) is 8.59. The standard InChI is InChI=1S/C20H22ClN3O3/c1-24-12-18(23-16-8-7-14(21)11-15(16)20(24)25)22-10-9-13-5-4-6-17(26-2)19(13)27-3/h4-8,11H,9-10,12H2,1-3H3,(H,22,23). The van der Waals surface area contributed by atoms with E-state index in [0.29, 0.717) is 35.1 Å². The Kier molecular flexibility index (Phi) is 5.86. The molecule has 1 N–H and O–H groups in total. The van der Waals surface area contributed by atoms with Gasteiger partial charge in [0.05, 0.1) is 32.0 Å². The number of hydrogen-bond acceptors (Lipinski definition) is 5. The summed E-state index contributed by atoms with van der Waals surface area (Å²) in [6.07, 6.45) is 0.727. The third-order valence-corrected chi connectivity index (χ3v) is 4.62. The molecule has 6 nitrogen and oxygen atoms in total. The highest BCUT2D eigenvalue weighted by Gasteiger charge is 2.22. The van der Waals surface area contributed by atoms with Gasteiger partial charge in [0.1, 0.15) is 5.84 Å². The van der Waals surface area contributed by atoms with Gasteiger partial charge in [-0.25, -0.2) is 4.99 Å². The molecule has 2 aromatic carbocycles. The molecule has 1 heterocycles. The number of fused-ring (bicyclic) bond motifs is 1. The second kappa shape index (κ2) is 8.31. The van der Waals surface area contributed by atoms with Crippen molar-refractivity contribution in [1.29, 1.82) is 0 Å². The van der Waals surface area contributed by atoms with Gasteiger partial charge in [0, 0.05) is 18.6 Å². The van der Waals surface area contributed by atoms with Gasteiger partial charge in [-0.15, -0.1) is 0 Å². The first kappa shape index (κ1) is 19.0. The molecule has 0 fully saturated rings. The Balaban J connectivity index is 1.75. The lowest BCUT2D eigenvalue weighted by molar-refractivity contribution is 0.0816. The molecule has 0 aromatic heterocycles. The van der Waals surface area contributed by atoms with E-state index in [4.69, 9.17) is 21.1 Å². The average Bonchev–Trinajstić information content (AvgIpc) is 2.78. The number of para-hydroxylation sites is 1. The van der Waals surface area contributed by atoms with Gasteiger partial charge in [0.2, 0.25) is 0 Å². The highest BCUT2D eigenvalue weighted by atomic mass is 35.5. The fourth-order valence-corrected chi connectivity index (χ4v) is 3.22. The molecule has 2 aromatic rings. The lowest BCUT2D eigenvalue weighted by Gasteiger charge is -2.17. The smallest absolute Gasteiger partial charge is 0.256 e. The number of aliphatic imine (C=N–C) groups is 1. The van der Waals surface area contributed by atoms with Crippen molar-refractivity contribution in [1.82, 2.24) is 10.2 Å². The molecule has 27 heavy (non-hydrogen) atoms. The maximum Gasteiger partial charge on any atom is 0.256 e. The zero-order valence-corrected chi connectivity index (χ0v) is 16.3. The van der Waals surface area contributed by atoms with Crippen LogP contribution < -0.4 is 14.8 Å². The number of nitrogens with zero attached hydrogens (tertiary/aromatic N) is 2. The Morgan fingerprint density at radius 2 is 2.04 bits per heavy atom. The van der Waals surface area contributed by atoms with Gasteiger partial charge in [-0.3, -0.25) is 4.79 Å². The van der Waals surface area contributed by atoms with Gasteiger partial charge in [-0.2, -0.15) is 0 Å². The van der Waals surface area contributed by atoms with Crippen LogP contribution in [0.3, 0.4) is 0 Å². The monoisotopic (exact) mass is 387 g/mol. The maximum absolute atomic E-state index is 12.5. The van der Waals surface area contributed by atoms with E-state index in [2.05, 4.69) is 10.3 Å². The van der Waals surface area contributed by atoms with Crippen LogP contribution in [0.4, 0.5) is 5.69 Å². The molecule has 0 aliphatic carbocycles. The summed E-state index contributed by atoms with van der Waals surface area (Å²) < 4.78 is 10.8. The Morgan fingerprint density at radius 3 is 2.78 bits per heavy atom. The molecule has 0 spiro atoms. The van der Waals surface area contributed by atoms with Gasteiger partial charge in [0.25, 0.3) is 5.91 Å². The summed E-state index contributed by atoms with van der Waals surface area (Å²) in [5.41, 5.74) is 2.17. The average molecular weight is 388 g/mol. The van der Waals surface area contributed by atoms with Crippen molar-refractivity contribution in [3.05, 3.63) is 52.5 Å². The van der Waals surface area contributed by atoms with Crippen LogP contribution in [0.1, 0.15) is 15.9 Å². The largest absolute Gasteiger partial charge is 0.493 e. The van der Waals surface area contributed by atoms with Gasteiger partial charge in [0.15, 0.2) is 11.5 Å². The van der Waals surface area contributed by atoms with Crippen molar-refractivity contribution in [2.24, 2.45) is 4.99 Å². The van der Waals surface area contributed by atoms with Crippen LogP contribution in [0.15, 0.2) is 41.4 Å². The predicted molar refractivity (Wildman–Crippen MR) is 107 cm³/mol. The van der Waals surface area contributed by atoms with Gasteiger partial charge in [-0.1, -0.05) is 23.7 Å². The Labute approximate surface area is 163 Å². The molecule has 0 radical (unpaired) electrons. The molecule has 1 aliphatic heterocycles. The molecule has 0 saturated heterocycles. The molecule has 0 saturated carbocycles. The first-order chi connectivity index (χ1) is 13.0. The predicted octanol–water partition coefficient (Wildman–Crippen LogP) is 3.31. The molecule has 1 aliphatic rings. The minimum Gasteiger partial charge on any atom is -0.493 e. The van der Waals surface area contributed by atoms with E-state index in [1.54, 1.807) is 44.4 Å². The Bertz CT molecular complexity index is 883. The van der Waals surface area contributed by atoms with E-state index in [9.17, 15) is 4.79 Å². The number of amidine groups is 1. The topological polar surface area (TPSA) is 63.2 Å². The van der Waals surface area contributed by atoms with Crippen LogP contribution in [0.2, 0.25) is 5.02 Å². The summed E-state index contributed by atoms with van der Waals surface area (Å²) in [7, 11) is 5.00. The van der Waals surface area contributed by atoms with Crippen molar-refractivity contribution in [3.8, 4) is 11.5 Å². The molecule has 0 unspecified atom stereocenters. The highest BCUT2D eigenvalue weighted by molar-refractivity contribution is 6.31. The molecule has 7 heteroatoms. The molecular formula is C20H22ClN3O3. The van der Waals surface area contributed by atoms with Crippen LogP contribution in [0.5, 0.6) is 11.5 Å². The number of hydrogen-bond donors (Lipinski definition) is 1. The molecule has 3 rings (SSSR count). The van der Waals surface area contributed by atoms with Crippen molar-refractivity contribution < 1.29 is 14.3 Å². The summed E-state index contributed by atoms with van der Waals surface area (Å²) in [5, 5.41) is 3.85. The summed E-state index contributed by atoms with van der Waals surface area (Å²) >= 11 is 6.03. The van der Waals surface area contributed by atoms with Gasteiger partial charge >= 0.3 is 0 Å². The van der Waals surface area contributed by atoms with Crippen molar-refractivity contribution in [3.63, 3.8) is 0 Å². The number of methoxy groups -OCH3 is 2. The number of halogens is 1. The Morgan fingerprint density at radius 1 is 1.22 bits per heavy atom. The fraction of sp³-hybridized carbons (Fsp3) is 0.300. The summed E-state index contributed by atoms with van der Waals surface area (Å²) in [4.78, 5) is 18.8. The number of carbonyl (C=O) groups is 1. The van der Waals surface area contributed by atoms with E-state index in [0.717, 1.165) is 23.6 Å². The number of ether oxygens (including phenoxy) is 2. The molecule has 0 atom stereocenters. The normalized spacial score (nSPS) is 13.6. The number of nitrogens with one attached hydrogen (secondary N) is 1. The molecule has 142 valence electrons. The third-order valence-electron chi connectivity index (χ3n) is 4.39. The van der Waals surface area contributed by atoms with Crippen LogP contribution in [0.25, 0.3) is 0 Å². The van der Waals surface area contributed by atoms with Crippen molar-refractivity contribution in [2.45, 2.75) is 6.42 Å². The summed E-state index contributed by atoms with van der Waals surface area (Å²) in [6.45, 7) is 1.05. The van der Waals surface area contributed by atoms with E-state index in [1.165, 1.54) is 0 Å². The maximum atomic E-state index is 12.5. The van der Waals surface area contributed by atoms with Crippen molar-refractivity contribution in [2.75, 3.05) is 34.4 Å². The number of amides is 1. The van der Waals surface area contributed by atoms with Crippen LogP contribution in [-0.2, 0) is 6.42 Å². The SMILES string of the molecule is COc1cccc(CCNC2=Nc3ccc(Cl)cc3C(=O)N(C)C2)c1OC. The zero-order valence-electron chi connectivity index (χ0n) is 15.6.